The molecule has 65 valence electrons. The van der Waals surface area contributed by atoms with Crippen molar-refractivity contribution in [2.24, 2.45) is 0 Å². The smallest absolute Gasteiger partial charge is 0.0160 e. The van der Waals surface area contributed by atoms with E-state index in [4.69, 9.17) is 0 Å². The van der Waals surface area contributed by atoms with E-state index in [1.165, 1.54) is 32.1 Å². The summed E-state index contributed by atoms with van der Waals surface area (Å²) in [6, 6.07) is 0. The summed E-state index contributed by atoms with van der Waals surface area (Å²) in [4.78, 5) is 0. The fourth-order valence-electron chi connectivity index (χ4n) is 1.27. The summed E-state index contributed by atoms with van der Waals surface area (Å²) < 4.78 is 0. The lowest BCUT2D eigenvalue weighted by Gasteiger charge is -1.95. The summed E-state index contributed by atoms with van der Waals surface area (Å²) in [7, 11) is 0. The minimum Gasteiger partial charge on any atom is -0.0882 e. The molecule has 0 heterocycles. The molecule has 0 amide bonds. The highest BCUT2D eigenvalue weighted by Gasteiger charge is 1.85. The van der Waals surface area contributed by atoms with Crippen molar-refractivity contribution in [2.75, 3.05) is 0 Å². The van der Waals surface area contributed by atoms with Crippen LogP contribution in [0.3, 0.4) is 0 Å². The zero-order valence-electron chi connectivity index (χ0n) is 7.63. The van der Waals surface area contributed by atoms with Gasteiger partial charge in [-0.15, -0.1) is 0 Å². The molecule has 0 aromatic carbocycles. The number of hydrogen-bond donors (Lipinski definition) is 0. The summed E-state index contributed by atoms with van der Waals surface area (Å²) in [5.41, 5.74) is 0. The molecule has 0 nitrogen and oxygen atoms in total. The first-order chi connectivity index (χ1) is 6.00. The van der Waals surface area contributed by atoms with E-state index in [1.807, 2.05) is 6.08 Å². The van der Waals surface area contributed by atoms with Crippen molar-refractivity contribution in [2.45, 2.75) is 38.5 Å². The quantitative estimate of drug-likeness (QED) is 0.474. The predicted octanol–water partition coefficient (Wildman–Crippen LogP) is 3.81. The molecule has 12 heavy (non-hydrogen) atoms. The standard InChI is InChI=1S/C12H17/c1-2-4-6-8-10-12-11-9-7-5-3-1/h1-2,5,9,11H,3-4,6,8,10,12H2. The molecule has 0 bridgehead atoms. The summed E-state index contributed by atoms with van der Waals surface area (Å²) >= 11 is 0. The molecule has 0 aromatic rings. The highest BCUT2D eigenvalue weighted by molar-refractivity contribution is 4.99. The highest BCUT2D eigenvalue weighted by atomic mass is 13.9. The molecule has 1 aliphatic carbocycles. The minimum absolute atomic E-state index is 1.03. The van der Waals surface area contributed by atoms with Crippen LogP contribution in [0.25, 0.3) is 0 Å². The summed E-state index contributed by atoms with van der Waals surface area (Å²) in [5.74, 6) is 0. The maximum atomic E-state index is 3.15. The Labute approximate surface area is 75.7 Å². The molecular weight excluding hydrogens is 144 g/mol. The Morgan fingerprint density at radius 2 is 1.67 bits per heavy atom. The molecule has 0 spiro atoms. The number of rotatable bonds is 0. The summed E-state index contributed by atoms with van der Waals surface area (Å²) in [6.45, 7) is 0. The average Bonchev–Trinajstić information content (AvgIpc) is 2.05. The molecule has 0 aliphatic heterocycles. The molecule has 0 saturated heterocycles. The molecule has 0 atom stereocenters. The van der Waals surface area contributed by atoms with Gasteiger partial charge in [-0.1, -0.05) is 36.8 Å². The number of allylic oxidation sites excluding steroid dienone is 6. The molecule has 0 heteroatoms. The zero-order valence-corrected chi connectivity index (χ0v) is 7.63. The van der Waals surface area contributed by atoms with E-state index in [0.717, 1.165) is 6.42 Å². The predicted molar refractivity (Wildman–Crippen MR) is 53.8 cm³/mol. The van der Waals surface area contributed by atoms with Crippen molar-refractivity contribution < 1.29 is 0 Å². The van der Waals surface area contributed by atoms with Gasteiger partial charge in [-0.25, -0.2) is 0 Å². The van der Waals surface area contributed by atoms with Crippen LogP contribution in [-0.2, 0) is 0 Å². The second-order valence-corrected chi connectivity index (χ2v) is 3.12. The minimum atomic E-state index is 1.03. The first kappa shape index (κ1) is 9.31. The van der Waals surface area contributed by atoms with E-state index in [1.54, 1.807) is 0 Å². The monoisotopic (exact) mass is 161 g/mol. The second kappa shape index (κ2) is 6.90. The van der Waals surface area contributed by atoms with E-state index in [-0.39, 0.29) is 0 Å². The molecule has 0 unspecified atom stereocenters. The molecule has 1 aliphatic rings. The maximum Gasteiger partial charge on any atom is -0.0160 e. The molecule has 1 radical (unpaired) electrons. The topological polar surface area (TPSA) is 0 Å². The summed E-state index contributed by atoms with van der Waals surface area (Å²) in [6.07, 6.45) is 21.5. The molecule has 0 aromatic heterocycles. The SMILES string of the molecule is [C]1=CCC=CCCCCCC=C1. The third-order valence-corrected chi connectivity index (χ3v) is 1.99. The van der Waals surface area contributed by atoms with Crippen LogP contribution in [0.2, 0.25) is 0 Å². The molecule has 0 N–H and O–H groups in total. The van der Waals surface area contributed by atoms with Gasteiger partial charge in [0, 0.05) is 0 Å². The fourth-order valence-corrected chi connectivity index (χ4v) is 1.27. The summed E-state index contributed by atoms with van der Waals surface area (Å²) in [5, 5.41) is 0. The van der Waals surface area contributed by atoms with Crippen molar-refractivity contribution >= 4 is 0 Å². The highest BCUT2D eigenvalue weighted by Crippen LogP contribution is 2.05. The third-order valence-electron chi connectivity index (χ3n) is 1.99. The zero-order chi connectivity index (χ0) is 8.49. The Morgan fingerprint density at radius 3 is 2.58 bits per heavy atom. The van der Waals surface area contributed by atoms with Gasteiger partial charge in [-0.2, -0.15) is 0 Å². The van der Waals surface area contributed by atoms with Crippen LogP contribution >= 0.6 is 0 Å². The van der Waals surface area contributed by atoms with E-state index in [2.05, 4.69) is 30.4 Å². The van der Waals surface area contributed by atoms with E-state index in [0.29, 0.717) is 0 Å². The fraction of sp³-hybridized carbons (Fsp3) is 0.500. The normalized spacial score (nSPS) is 20.0. The third kappa shape index (κ3) is 4.95. The van der Waals surface area contributed by atoms with Gasteiger partial charge in [-0.3, -0.25) is 0 Å². The van der Waals surface area contributed by atoms with Crippen LogP contribution in [-0.4, -0.2) is 0 Å². The van der Waals surface area contributed by atoms with E-state index < -0.39 is 0 Å². The van der Waals surface area contributed by atoms with Crippen LogP contribution in [0.4, 0.5) is 0 Å². The molecule has 0 fully saturated rings. The average molecular weight is 161 g/mol. The second-order valence-electron chi connectivity index (χ2n) is 3.12. The Morgan fingerprint density at radius 1 is 0.833 bits per heavy atom. The first-order valence-corrected chi connectivity index (χ1v) is 4.88. The number of hydrogen-bond acceptors (Lipinski definition) is 0. The Balaban J connectivity index is 2.31. The largest absolute Gasteiger partial charge is 0.0882 e. The van der Waals surface area contributed by atoms with Gasteiger partial charge < -0.3 is 0 Å². The molecular formula is C12H17. The Bertz CT molecular complexity index is 172. The van der Waals surface area contributed by atoms with Crippen molar-refractivity contribution in [3.05, 3.63) is 36.5 Å². The lowest BCUT2D eigenvalue weighted by molar-refractivity contribution is 0.695. The maximum absolute atomic E-state index is 3.15. The van der Waals surface area contributed by atoms with Crippen LogP contribution < -0.4 is 0 Å². The van der Waals surface area contributed by atoms with E-state index >= 15 is 0 Å². The lowest BCUT2D eigenvalue weighted by atomic mass is 10.1. The van der Waals surface area contributed by atoms with Gasteiger partial charge in [0.05, 0.1) is 0 Å². The van der Waals surface area contributed by atoms with Crippen LogP contribution in [0.1, 0.15) is 38.5 Å². The van der Waals surface area contributed by atoms with Crippen molar-refractivity contribution in [1.82, 2.24) is 0 Å². The molecule has 0 saturated carbocycles. The molecule has 1 rings (SSSR count). The Kier molecular flexibility index (Phi) is 5.35. The van der Waals surface area contributed by atoms with Gasteiger partial charge in [0.2, 0.25) is 0 Å². The first-order valence-electron chi connectivity index (χ1n) is 4.88. The van der Waals surface area contributed by atoms with Crippen molar-refractivity contribution in [3.8, 4) is 0 Å². The van der Waals surface area contributed by atoms with Crippen molar-refractivity contribution in [1.29, 1.82) is 0 Å². The van der Waals surface area contributed by atoms with Crippen molar-refractivity contribution in [3.63, 3.8) is 0 Å². The van der Waals surface area contributed by atoms with Gasteiger partial charge >= 0.3 is 0 Å². The van der Waals surface area contributed by atoms with Crippen LogP contribution in [0.15, 0.2) is 30.4 Å². The van der Waals surface area contributed by atoms with Crippen LogP contribution in [0, 0.1) is 6.08 Å². The van der Waals surface area contributed by atoms with Gasteiger partial charge in [0.15, 0.2) is 0 Å². The van der Waals surface area contributed by atoms with Gasteiger partial charge in [0.1, 0.15) is 0 Å². The Hall–Kier alpha value is -0.780. The lowest BCUT2D eigenvalue weighted by Crippen LogP contribution is -1.75. The van der Waals surface area contributed by atoms with Gasteiger partial charge in [-0.05, 0) is 38.2 Å². The van der Waals surface area contributed by atoms with Crippen LogP contribution in [0.5, 0.6) is 0 Å². The van der Waals surface area contributed by atoms with E-state index in [9.17, 15) is 0 Å². The van der Waals surface area contributed by atoms with Gasteiger partial charge in [0.25, 0.3) is 0 Å².